The Bertz CT molecular complexity index is 1180. The fourth-order valence-electron chi connectivity index (χ4n) is 3.04. The molecular weight excluding hydrogens is 366 g/mol. The molecule has 2 amide bonds. The van der Waals surface area contributed by atoms with Gasteiger partial charge in [0.25, 0.3) is 11.8 Å². The third-order valence-electron chi connectivity index (χ3n) is 4.42. The van der Waals surface area contributed by atoms with Gasteiger partial charge in [-0.3, -0.25) is 19.0 Å². The van der Waals surface area contributed by atoms with Gasteiger partial charge in [-0.1, -0.05) is 24.3 Å². The van der Waals surface area contributed by atoms with Crippen LogP contribution in [-0.2, 0) is 6.54 Å². The summed E-state index contributed by atoms with van der Waals surface area (Å²) in [7, 11) is 0. The number of carbonyl (C=O) groups excluding carboxylic acids is 2. The predicted molar refractivity (Wildman–Crippen MR) is 110 cm³/mol. The topological polar surface area (TPSA) is 88.4 Å². The average Bonchev–Trinajstić information content (AvgIpc) is 3.13. The number of fused-ring (bicyclic) bond motifs is 1. The van der Waals surface area contributed by atoms with Gasteiger partial charge in [-0.25, -0.2) is 4.98 Å². The van der Waals surface area contributed by atoms with Crippen molar-refractivity contribution < 1.29 is 9.59 Å². The summed E-state index contributed by atoms with van der Waals surface area (Å²) in [5.41, 5.74) is 3.34. The molecule has 0 saturated carbocycles. The van der Waals surface area contributed by atoms with Gasteiger partial charge in [0.15, 0.2) is 5.69 Å². The number of carbonyl (C=O) groups is 2. The highest BCUT2D eigenvalue weighted by atomic mass is 16.2. The maximum Gasteiger partial charge on any atom is 0.292 e. The molecule has 144 valence electrons. The molecule has 0 unspecified atom stereocenters. The van der Waals surface area contributed by atoms with E-state index in [9.17, 15) is 9.59 Å². The normalized spacial score (nSPS) is 10.7. The van der Waals surface area contributed by atoms with Gasteiger partial charge in [0, 0.05) is 30.8 Å². The van der Waals surface area contributed by atoms with Gasteiger partial charge < -0.3 is 10.6 Å². The van der Waals surface area contributed by atoms with Crippen molar-refractivity contribution in [1.29, 1.82) is 0 Å². The van der Waals surface area contributed by atoms with Crippen molar-refractivity contribution in [3.63, 3.8) is 0 Å². The number of aromatic nitrogens is 3. The largest absolute Gasteiger partial charge is 0.346 e. The fourth-order valence-corrected chi connectivity index (χ4v) is 3.04. The molecule has 3 aromatic heterocycles. The van der Waals surface area contributed by atoms with Crippen LogP contribution < -0.4 is 10.6 Å². The Balaban J connectivity index is 1.61. The van der Waals surface area contributed by atoms with E-state index >= 15 is 0 Å². The summed E-state index contributed by atoms with van der Waals surface area (Å²) in [6, 6.07) is 16.5. The maximum atomic E-state index is 12.8. The van der Waals surface area contributed by atoms with Crippen LogP contribution in [0.25, 0.3) is 5.52 Å². The quantitative estimate of drug-likeness (QED) is 0.552. The SMILES string of the molecule is Cc1cccc(NC(=O)c2nc(C(=O)NCc3cccnc3)c3ccccn23)c1. The lowest BCUT2D eigenvalue weighted by atomic mass is 10.2. The summed E-state index contributed by atoms with van der Waals surface area (Å²) in [5, 5.41) is 5.67. The Kier molecular flexibility index (Phi) is 5.03. The summed E-state index contributed by atoms with van der Waals surface area (Å²) in [4.78, 5) is 33.9. The van der Waals surface area contributed by atoms with E-state index in [1.54, 1.807) is 47.3 Å². The number of hydrogen-bond acceptors (Lipinski definition) is 4. The highest BCUT2D eigenvalue weighted by molar-refractivity contribution is 6.06. The molecule has 7 heteroatoms. The van der Waals surface area contributed by atoms with Crippen molar-refractivity contribution in [3.05, 3.63) is 95.8 Å². The van der Waals surface area contributed by atoms with Crippen LogP contribution in [-0.4, -0.2) is 26.2 Å². The number of pyridine rings is 2. The van der Waals surface area contributed by atoms with Crippen molar-refractivity contribution >= 4 is 23.0 Å². The second-order valence-corrected chi connectivity index (χ2v) is 6.61. The zero-order valence-corrected chi connectivity index (χ0v) is 15.8. The molecule has 0 aliphatic heterocycles. The zero-order valence-electron chi connectivity index (χ0n) is 15.8. The van der Waals surface area contributed by atoms with Crippen molar-refractivity contribution in [1.82, 2.24) is 19.7 Å². The van der Waals surface area contributed by atoms with Gasteiger partial charge >= 0.3 is 0 Å². The molecule has 0 bridgehead atoms. The van der Waals surface area contributed by atoms with Crippen molar-refractivity contribution in [2.75, 3.05) is 5.32 Å². The Hall–Kier alpha value is -4.00. The average molecular weight is 385 g/mol. The number of nitrogens with zero attached hydrogens (tertiary/aromatic N) is 3. The molecule has 2 N–H and O–H groups in total. The molecule has 4 aromatic rings. The monoisotopic (exact) mass is 385 g/mol. The second-order valence-electron chi connectivity index (χ2n) is 6.61. The van der Waals surface area contributed by atoms with Gasteiger partial charge in [0.2, 0.25) is 5.82 Å². The number of rotatable bonds is 5. The van der Waals surface area contributed by atoms with Crippen LogP contribution >= 0.6 is 0 Å². The smallest absolute Gasteiger partial charge is 0.292 e. The highest BCUT2D eigenvalue weighted by Crippen LogP contribution is 2.16. The maximum absolute atomic E-state index is 12.8. The number of nitrogens with one attached hydrogen (secondary N) is 2. The lowest BCUT2D eigenvalue weighted by molar-refractivity contribution is 0.0948. The van der Waals surface area contributed by atoms with Crippen LogP contribution in [0.2, 0.25) is 0 Å². The van der Waals surface area contributed by atoms with Crippen LogP contribution in [0.4, 0.5) is 5.69 Å². The van der Waals surface area contributed by atoms with E-state index in [-0.39, 0.29) is 23.3 Å². The first-order chi connectivity index (χ1) is 14.1. The number of imidazole rings is 1. The summed E-state index contributed by atoms with van der Waals surface area (Å²) >= 11 is 0. The molecule has 0 aliphatic carbocycles. The molecule has 0 radical (unpaired) electrons. The molecule has 0 atom stereocenters. The number of benzene rings is 1. The van der Waals surface area contributed by atoms with Crippen molar-refractivity contribution in [2.24, 2.45) is 0 Å². The first kappa shape index (κ1) is 18.4. The summed E-state index contributed by atoms with van der Waals surface area (Å²) < 4.78 is 1.62. The van der Waals surface area contributed by atoms with E-state index in [0.29, 0.717) is 17.7 Å². The Morgan fingerprint density at radius 1 is 1.03 bits per heavy atom. The van der Waals surface area contributed by atoms with E-state index < -0.39 is 0 Å². The number of hydrogen-bond donors (Lipinski definition) is 2. The van der Waals surface area contributed by atoms with Crippen molar-refractivity contribution in [2.45, 2.75) is 13.5 Å². The molecule has 29 heavy (non-hydrogen) atoms. The molecule has 0 saturated heterocycles. The molecule has 0 fully saturated rings. The van der Waals surface area contributed by atoms with E-state index in [1.807, 2.05) is 37.3 Å². The van der Waals surface area contributed by atoms with E-state index in [4.69, 9.17) is 0 Å². The van der Waals surface area contributed by atoms with Gasteiger partial charge in [-0.05, 0) is 48.4 Å². The highest BCUT2D eigenvalue weighted by Gasteiger charge is 2.21. The minimum absolute atomic E-state index is 0.147. The van der Waals surface area contributed by atoms with Gasteiger partial charge in [-0.15, -0.1) is 0 Å². The van der Waals surface area contributed by atoms with Crippen LogP contribution in [0.3, 0.4) is 0 Å². The Morgan fingerprint density at radius 2 is 1.93 bits per heavy atom. The lowest BCUT2D eigenvalue weighted by Crippen LogP contribution is -2.23. The van der Waals surface area contributed by atoms with Gasteiger partial charge in [-0.2, -0.15) is 0 Å². The number of anilines is 1. The minimum Gasteiger partial charge on any atom is -0.346 e. The summed E-state index contributed by atoms with van der Waals surface area (Å²) in [6.07, 6.45) is 5.07. The Labute approximate surface area is 167 Å². The molecule has 4 rings (SSSR count). The third kappa shape index (κ3) is 3.98. The molecule has 0 aliphatic rings. The number of aryl methyl sites for hydroxylation is 1. The van der Waals surface area contributed by atoms with Gasteiger partial charge in [0.05, 0.1) is 5.52 Å². The lowest BCUT2D eigenvalue weighted by Gasteiger charge is -2.05. The first-order valence-corrected chi connectivity index (χ1v) is 9.14. The van der Waals surface area contributed by atoms with Crippen molar-refractivity contribution in [3.8, 4) is 0 Å². The van der Waals surface area contributed by atoms with E-state index in [0.717, 1.165) is 11.1 Å². The summed E-state index contributed by atoms with van der Waals surface area (Å²) in [5.74, 6) is -0.594. The molecule has 1 aromatic carbocycles. The fraction of sp³-hybridized carbons (Fsp3) is 0.0909. The molecule has 7 nitrogen and oxygen atoms in total. The standard InChI is InChI=1S/C22H19N5O2/c1-15-6-4-8-17(12-15)25-22(29)20-26-19(18-9-2-3-11-27(18)20)21(28)24-14-16-7-5-10-23-13-16/h2-13H,14H2,1H3,(H,24,28)(H,25,29). The summed E-state index contributed by atoms with van der Waals surface area (Å²) in [6.45, 7) is 2.27. The predicted octanol–water partition coefficient (Wildman–Crippen LogP) is 3.22. The Morgan fingerprint density at radius 3 is 2.72 bits per heavy atom. The molecule has 0 spiro atoms. The van der Waals surface area contributed by atoms with Crippen LogP contribution in [0.15, 0.2) is 73.2 Å². The van der Waals surface area contributed by atoms with Crippen LogP contribution in [0, 0.1) is 6.92 Å². The van der Waals surface area contributed by atoms with Crippen LogP contribution in [0.1, 0.15) is 32.2 Å². The zero-order chi connectivity index (χ0) is 20.2. The third-order valence-corrected chi connectivity index (χ3v) is 4.42. The molecular formula is C22H19N5O2. The first-order valence-electron chi connectivity index (χ1n) is 9.14. The molecule has 3 heterocycles. The van der Waals surface area contributed by atoms with Crippen LogP contribution in [0.5, 0.6) is 0 Å². The van der Waals surface area contributed by atoms with E-state index in [1.165, 1.54) is 0 Å². The van der Waals surface area contributed by atoms with E-state index in [2.05, 4.69) is 20.6 Å². The number of amides is 2. The minimum atomic E-state index is -0.386. The van der Waals surface area contributed by atoms with Gasteiger partial charge in [0.1, 0.15) is 0 Å². The second kappa shape index (κ2) is 7.93.